The highest BCUT2D eigenvalue weighted by Gasteiger charge is 2.31. The fraction of sp³-hybridized carbons (Fsp3) is 0.211. The van der Waals surface area contributed by atoms with Crippen LogP contribution < -0.4 is 10.1 Å². The number of nitrogens with zero attached hydrogens (tertiary/aromatic N) is 3. The zero-order valence-electron chi connectivity index (χ0n) is 14.4. The van der Waals surface area contributed by atoms with Gasteiger partial charge >= 0.3 is 0 Å². The average molecular weight is 336 g/mol. The summed E-state index contributed by atoms with van der Waals surface area (Å²) in [7, 11) is 0. The molecule has 128 valence electrons. The second kappa shape index (κ2) is 6.76. The predicted octanol–water partition coefficient (Wildman–Crippen LogP) is 3.37. The first-order valence-corrected chi connectivity index (χ1v) is 7.98. The van der Waals surface area contributed by atoms with Crippen molar-refractivity contribution in [1.82, 2.24) is 14.8 Å². The lowest BCUT2D eigenvalue weighted by atomic mass is 10.1. The van der Waals surface area contributed by atoms with E-state index in [4.69, 9.17) is 4.74 Å². The quantitative estimate of drug-likeness (QED) is 0.775. The SMILES string of the molecule is Cc1ccc(NC(=O)C(C)(C)Oc2ccn(-c3ccccc3)n2)nc1. The minimum Gasteiger partial charge on any atom is -0.460 e. The highest BCUT2D eigenvalue weighted by atomic mass is 16.5. The monoisotopic (exact) mass is 336 g/mol. The molecule has 0 unspecified atom stereocenters. The number of hydrogen-bond donors (Lipinski definition) is 1. The number of benzene rings is 1. The van der Waals surface area contributed by atoms with Crippen molar-refractivity contribution in [3.05, 3.63) is 66.5 Å². The Hall–Kier alpha value is -3.15. The van der Waals surface area contributed by atoms with Crippen LogP contribution in [0.3, 0.4) is 0 Å². The molecule has 3 aromatic rings. The van der Waals surface area contributed by atoms with Gasteiger partial charge in [0.15, 0.2) is 5.60 Å². The van der Waals surface area contributed by atoms with Gasteiger partial charge in [0.25, 0.3) is 5.91 Å². The van der Waals surface area contributed by atoms with Gasteiger partial charge in [0, 0.05) is 18.5 Å². The molecule has 6 heteroatoms. The van der Waals surface area contributed by atoms with Crippen LogP contribution in [-0.2, 0) is 4.79 Å². The van der Waals surface area contributed by atoms with Crippen LogP contribution in [0.4, 0.5) is 5.82 Å². The van der Waals surface area contributed by atoms with Gasteiger partial charge in [-0.2, -0.15) is 0 Å². The largest absolute Gasteiger partial charge is 0.460 e. The number of aromatic nitrogens is 3. The zero-order chi connectivity index (χ0) is 17.9. The first kappa shape index (κ1) is 16.7. The van der Waals surface area contributed by atoms with E-state index in [0.717, 1.165) is 11.3 Å². The summed E-state index contributed by atoms with van der Waals surface area (Å²) >= 11 is 0. The molecule has 6 nitrogen and oxygen atoms in total. The van der Waals surface area contributed by atoms with Crippen molar-refractivity contribution in [3.8, 4) is 11.6 Å². The van der Waals surface area contributed by atoms with E-state index >= 15 is 0 Å². The maximum Gasteiger partial charge on any atom is 0.269 e. The molecule has 3 rings (SSSR count). The number of hydrogen-bond acceptors (Lipinski definition) is 4. The smallest absolute Gasteiger partial charge is 0.269 e. The molecule has 1 N–H and O–H groups in total. The number of pyridine rings is 1. The molecule has 0 spiro atoms. The van der Waals surface area contributed by atoms with Crippen molar-refractivity contribution < 1.29 is 9.53 Å². The van der Waals surface area contributed by atoms with E-state index in [2.05, 4.69) is 15.4 Å². The summed E-state index contributed by atoms with van der Waals surface area (Å²) < 4.78 is 7.49. The fourth-order valence-corrected chi connectivity index (χ4v) is 2.20. The molecule has 1 amide bonds. The topological polar surface area (TPSA) is 69.0 Å². The maximum atomic E-state index is 12.5. The molecule has 2 aromatic heterocycles. The van der Waals surface area contributed by atoms with Gasteiger partial charge in [-0.25, -0.2) is 9.67 Å². The number of rotatable bonds is 5. The standard InChI is InChI=1S/C19H20N4O2/c1-14-9-10-16(20-13-14)21-18(24)19(2,3)25-17-11-12-23(22-17)15-7-5-4-6-8-15/h4-13H,1-3H3,(H,20,21,24). The van der Waals surface area contributed by atoms with E-state index in [0.29, 0.717) is 11.7 Å². The van der Waals surface area contributed by atoms with Crippen molar-refractivity contribution in [2.24, 2.45) is 0 Å². The summed E-state index contributed by atoms with van der Waals surface area (Å²) in [6.07, 6.45) is 3.49. The minimum absolute atomic E-state index is 0.293. The zero-order valence-corrected chi connectivity index (χ0v) is 14.4. The van der Waals surface area contributed by atoms with Crippen molar-refractivity contribution in [2.75, 3.05) is 5.32 Å². The van der Waals surface area contributed by atoms with Crippen LogP contribution in [-0.4, -0.2) is 26.3 Å². The van der Waals surface area contributed by atoms with Crippen molar-refractivity contribution in [2.45, 2.75) is 26.4 Å². The molecule has 0 radical (unpaired) electrons. The number of anilines is 1. The molecule has 25 heavy (non-hydrogen) atoms. The molecule has 0 aliphatic carbocycles. The van der Waals surface area contributed by atoms with E-state index in [9.17, 15) is 4.79 Å². The van der Waals surface area contributed by atoms with Crippen LogP contribution in [0.5, 0.6) is 5.88 Å². The van der Waals surface area contributed by atoms with Gasteiger partial charge in [0.2, 0.25) is 5.88 Å². The molecule has 0 atom stereocenters. The molecule has 0 saturated carbocycles. The second-order valence-electron chi connectivity index (χ2n) is 6.22. The summed E-state index contributed by atoms with van der Waals surface area (Å²) in [4.78, 5) is 16.7. The Kier molecular flexibility index (Phi) is 4.52. The number of amides is 1. The summed E-state index contributed by atoms with van der Waals surface area (Å²) in [5.74, 6) is 0.570. The van der Waals surface area contributed by atoms with E-state index in [1.54, 1.807) is 43.1 Å². The maximum absolute atomic E-state index is 12.5. The minimum atomic E-state index is -1.09. The number of nitrogens with one attached hydrogen (secondary N) is 1. The molecular formula is C19H20N4O2. The first-order valence-electron chi connectivity index (χ1n) is 7.98. The van der Waals surface area contributed by atoms with Gasteiger partial charge in [-0.05, 0) is 44.5 Å². The van der Waals surface area contributed by atoms with Crippen molar-refractivity contribution >= 4 is 11.7 Å². The summed E-state index contributed by atoms with van der Waals surface area (Å²) in [6, 6.07) is 15.1. The molecule has 1 aromatic carbocycles. The highest BCUT2D eigenvalue weighted by molar-refractivity contribution is 5.96. The Balaban J connectivity index is 1.69. The van der Waals surface area contributed by atoms with Crippen LogP contribution in [0.1, 0.15) is 19.4 Å². The number of para-hydroxylation sites is 1. The fourth-order valence-electron chi connectivity index (χ4n) is 2.20. The van der Waals surface area contributed by atoms with Gasteiger partial charge in [0.1, 0.15) is 5.82 Å². The molecule has 0 fully saturated rings. The van der Waals surface area contributed by atoms with Gasteiger partial charge in [0.05, 0.1) is 5.69 Å². The third-order valence-corrected chi connectivity index (χ3v) is 3.64. The van der Waals surface area contributed by atoms with Crippen LogP contribution in [0, 0.1) is 6.92 Å². The second-order valence-corrected chi connectivity index (χ2v) is 6.22. The summed E-state index contributed by atoms with van der Waals surface area (Å²) in [6.45, 7) is 5.32. The van der Waals surface area contributed by atoms with Crippen LogP contribution in [0.2, 0.25) is 0 Å². The lowest BCUT2D eigenvalue weighted by molar-refractivity contribution is -0.128. The Morgan fingerprint density at radius 3 is 2.56 bits per heavy atom. The highest BCUT2D eigenvalue weighted by Crippen LogP contribution is 2.19. The Bertz CT molecular complexity index is 855. The van der Waals surface area contributed by atoms with E-state index in [1.807, 2.05) is 43.3 Å². The van der Waals surface area contributed by atoms with E-state index < -0.39 is 5.60 Å². The van der Waals surface area contributed by atoms with Crippen molar-refractivity contribution in [3.63, 3.8) is 0 Å². The normalized spacial score (nSPS) is 11.2. The average Bonchev–Trinajstić information content (AvgIpc) is 3.05. The van der Waals surface area contributed by atoms with E-state index in [1.165, 1.54) is 0 Å². The Labute approximate surface area is 146 Å². The molecule has 2 heterocycles. The van der Waals surface area contributed by atoms with Crippen molar-refractivity contribution in [1.29, 1.82) is 0 Å². The lowest BCUT2D eigenvalue weighted by Gasteiger charge is -2.23. The molecular weight excluding hydrogens is 316 g/mol. The summed E-state index contributed by atoms with van der Waals surface area (Å²) in [5.41, 5.74) is 0.853. The number of ether oxygens (including phenoxy) is 1. The van der Waals surface area contributed by atoms with Gasteiger partial charge in [-0.1, -0.05) is 24.3 Å². The first-order chi connectivity index (χ1) is 11.9. The molecule has 0 bridgehead atoms. The molecule has 0 aliphatic rings. The third kappa shape index (κ3) is 4.03. The molecule has 0 aliphatic heterocycles. The number of carbonyl (C=O) groups excluding carboxylic acids is 1. The van der Waals surface area contributed by atoms with E-state index in [-0.39, 0.29) is 5.91 Å². The number of carbonyl (C=O) groups is 1. The van der Waals surface area contributed by atoms with Gasteiger partial charge in [-0.3, -0.25) is 4.79 Å². The van der Waals surface area contributed by atoms with Crippen LogP contribution in [0.25, 0.3) is 5.69 Å². The van der Waals surface area contributed by atoms with Crippen LogP contribution >= 0.6 is 0 Å². The Morgan fingerprint density at radius 1 is 1.12 bits per heavy atom. The van der Waals surface area contributed by atoms with Gasteiger partial charge in [-0.15, -0.1) is 5.10 Å². The lowest BCUT2D eigenvalue weighted by Crippen LogP contribution is -2.42. The third-order valence-electron chi connectivity index (χ3n) is 3.64. The van der Waals surface area contributed by atoms with Gasteiger partial charge < -0.3 is 10.1 Å². The predicted molar refractivity (Wildman–Crippen MR) is 95.9 cm³/mol. The Morgan fingerprint density at radius 2 is 1.88 bits per heavy atom. The molecule has 0 saturated heterocycles. The summed E-state index contributed by atoms with van der Waals surface area (Å²) in [5, 5.41) is 7.12. The number of aryl methyl sites for hydroxylation is 1. The van der Waals surface area contributed by atoms with Crippen LogP contribution in [0.15, 0.2) is 60.9 Å².